The number of nitrogens with one attached hydrogen (secondary N) is 1. The molecule has 3 rings (SSSR count). The topological polar surface area (TPSA) is 114 Å². The summed E-state index contributed by atoms with van der Waals surface area (Å²) in [7, 11) is -1.94. The lowest BCUT2D eigenvalue weighted by Gasteiger charge is -2.26. The van der Waals surface area contributed by atoms with E-state index in [0.29, 0.717) is 11.4 Å². The Morgan fingerprint density at radius 2 is 2.11 bits per heavy atom. The minimum atomic E-state index is -3.46. The van der Waals surface area contributed by atoms with Crippen molar-refractivity contribution in [1.82, 2.24) is 4.90 Å². The zero-order valence-electron chi connectivity index (χ0n) is 14.4. The van der Waals surface area contributed by atoms with Crippen LogP contribution in [0.1, 0.15) is 0 Å². The van der Waals surface area contributed by atoms with Gasteiger partial charge in [-0.1, -0.05) is 6.07 Å². The summed E-state index contributed by atoms with van der Waals surface area (Å²) in [4.78, 5) is 25.6. The normalized spacial score (nSPS) is 17.3. The van der Waals surface area contributed by atoms with Crippen molar-refractivity contribution in [1.29, 1.82) is 0 Å². The Balaban J connectivity index is 1.56. The van der Waals surface area contributed by atoms with Crippen LogP contribution in [-0.4, -0.2) is 57.0 Å². The first-order chi connectivity index (χ1) is 12.9. The Labute approximate surface area is 156 Å². The van der Waals surface area contributed by atoms with Gasteiger partial charge in [-0.2, -0.15) is 0 Å². The van der Waals surface area contributed by atoms with Crippen molar-refractivity contribution in [2.24, 2.45) is 4.40 Å². The predicted molar refractivity (Wildman–Crippen MR) is 97.7 cm³/mol. The highest BCUT2D eigenvalue weighted by Crippen LogP contribution is 2.18. The fourth-order valence-corrected chi connectivity index (χ4v) is 3.40. The number of benzene rings is 1. The van der Waals surface area contributed by atoms with Gasteiger partial charge in [0, 0.05) is 24.5 Å². The first-order valence-corrected chi connectivity index (χ1v) is 9.57. The molecule has 0 radical (unpaired) electrons. The largest absolute Gasteiger partial charge is 0.497 e. The van der Waals surface area contributed by atoms with Crippen molar-refractivity contribution in [3.05, 3.63) is 48.2 Å². The van der Waals surface area contributed by atoms with Gasteiger partial charge in [-0.05, 0) is 24.3 Å². The molecule has 0 saturated carbocycles. The summed E-state index contributed by atoms with van der Waals surface area (Å²) in [5.74, 6) is -0.494. The molecule has 0 aliphatic carbocycles. The lowest BCUT2D eigenvalue weighted by Crippen LogP contribution is -2.37. The van der Waals surface area contributed by atoms with Gasteiger partial charge in [0.15, 0.2) is 6.61 Å². The summed E-state index contributed by atoms with van der Waals surface area (Å²) < 4.78 is 36.6. The third-order valence-electron chi connectivity index (χ3n) is 3.75. The first kappa shape index (κ1) is 18.6. The second-order valence-electron chi connectivity index (χ2n) is 5.70. The monoisotopic (exact) mass is 391 g/mol. The Bertz CT molecular complexity index is 965. The van der Waals surface area contributed by atoms with E-state index in [4.69, 9.17) is 9.47 Å². The van der Waals surface area contributed by atoms with Crippen LogP contribution < -0.4 is 10.1 Å². The van der Waals surface area contributed by atoms with E-state index in [2.05, 4.69) is 9.71 Å². The van der Waals surface area contributed by atoms with Gasteiger partial charge in [0.1, 0.15) is 11.6 Å². The van der Waals surface area contributed by atoms with Crippen LogP contribution in [0.15, 0.2) is 52.6 Å². The summed E-state index contributed by atoms with van der Waals surface area (Å²) >= 11 is 0. The Morgan fingerprint density at radius 3 is 2.89 bits per heavy atom. The third-order valence-corrected chi connectivity index (χ3v) is 4.91. The number of fused-ring (bicyclic) bond motifs is 1. The minimum Gasteiger partial charge on any atom is -0.497 e. The highest BCUT2D eigenvalue weighted by molar-refractivity contribution is 7.90. The number of sulfonamides is 1. The van der Waals surface area contributed by atoms with Crippen LogP contribution in [0.3, 0.4) is 0 Å². The molecule has 0 aromatic heterocycles. The van der Waals surface area contributed by atoms with Gasteiger partial charge in [-0.3, -0.25) is 4.79 Å². The van der Waals surface area contributed by atoms with E-state index in [1.165, 1.54) is 25.5 Å². The standard InChI is InChI=1S/C17H17N3O6S/c1-25-14-4-2-3-13(9-14)18-16(21)11-26-17(22)12-5-6-15-19-27(23,24)8-7-20(15)10-12/h2-6,9-10H,7-8,11H2,1H3,(H,18,21). The van der Waals surface area contributed by atoms with Crippen molar-refractivity contribution in [3.63, 3.8) is 0 Å². The van der Waals surface area contributed by atoms with Crippen molar-refractivity contribution in [2.75, 3.05) is 31.3 Å². The number of ether oxygens (including phenoxy) is 2. The van der Waals surface area contributed by atoms with Crippen LogP contribution in [-0.2, 0) is 24.3 Å². The molecular formula is C17H17N3O6S. The zero-order valence-corrected chi connectivity index (χ0v) is 15.2. The quantitative estimate of drug-likeness (QED) is 0.734. The lowest BCUT2D eigenvalue weighted by molar-refractivity contribution is -0.143. The number of carbonyl (C=O) groups excluding carboxylic acids is 2. The smallest absolute Gasteiger partial charge is 0.340 e. The first-order valence-electron chi connectivity index (χ1n) is 7.96. The number of methoxy groups -OCH3 is 1. The highest BCUT2D eigenvalue weighted by atomic mass is 32.2. The molecule has 0 bridgehead atoms. The second kappa shape index (κ2) is 7.62. The molecule has 9 nitrogen and oxygen atoms in total. The molecule has 27 heavy (non-hydrogen) atoms. The number of hydrogen-bond acceptors (Lipinski definition) is 7. The maximum absolute atomic E-state index is 12.1. The van der Waals surface area contributed by atoms with E-state index in [-0.39, 0.29) is 23.7 Å². The zero-order chi connectivity index (χ0) is 19.4. The maximum atomic E-state index is 12.1. The minimum absolute atomic E-state index is 0.133. The molecule has 142 valence electrons. The number of esters is 1. The Kier molecular flexibility index (Phi) is 5.26. The van der Waals surface area contributed by atoms with E-state index in [0.717, 1.165) is 0 Å². The fourth-order valence-electron chi connectivity index (χ4n) is 2.43. The van der Waals surface area contributed by atoms with Crippen molar-refractivity contribution >= 4 is 33.4 Å². The molecule has 2 aliphatic heterocycles. The van der Waals surface area contributed by atoms with Gasteiger partial charge in [0.25, 0.3) is 15.9 Å². The summed E-state index contributed by atoms with van der Waals surface area (Å²) in [6.07, 6.45) is 4.28. The molecule has 0 fully saturated rings. The number of amides is 1. The van der Waals surface area contributed by atoms with Crippen LogP contribution in [0.4, 0.5) is 5.69 Å². The van der Waals surface area contributed by atoms with Gasteiger partial charge in [0.2, 0.25) is 0 Å². The van der Waals surface area contributed by atoms with E-state index in [1.54, 1.807) is 29.2 Å². The number of hydrogen-bond donors (Lipinski definition) is 1. The SMILES string of the molecule is COc1cccc(NC(=O)COC(=O)C2=CN3CCS(=O)(=O)N=C3C=C2)c1. The molecule has 1 N–H and O–H groups in total. The van der Waals surface area contributed by atoms with Gasteiger partial charge >= 0.3 is 5.97 Å². The van der Waals surface area contributed by atoms with Gasteiger partial charge < -0.3 is 19.7 Å². The number of carbonyl (C=O) groups is 2. The summed E-state index contributed by atoms with van der Waals surface area (Å²) in [5, 5.41) is 2.60. The number of rotatable bonds is 5. The molecule has 2 heterocycles. The average Bonchev–Trinajstić information content (AvgIpc) is 2.65. The lowest BCUT2D eigenvalue weighted by atomic mass is 10.2. The third kappa shape index (κ3) is 4.73. The molecule has 1 aromatic rings. The molecule has 10 heteroatoms. The molecule has 1 amide bonds. The summed E-state index contributed by atoms with van der Waals surface area (Å²) in [6.45, 7) is -0.269. The summed E-state index contributed by atoms with van der Waals surface area (Å²) in [6, 6.07) is 6.77. The molecular weight excluding hydrogens is 374 g/mol. The fraction of sp³-hybridized carbons (Fsp3) is 0.235. The van der Waals surface area contributed by atoms with E-state index < -0.39 is 28.5 Å². The Morgan fingerprint density at radius 1 is 1.30 bits per heavy atom. The van der Waals surface area contributed by atoms with Crippen LogP contribution in [0.2, 0.25) is 0 Å². The predicted octanol–water partition coefficient (Wildman–Crippen LogP) is 0.674. The molecule has 2 aliphatic rings. The van der Waals surface area contributed by atoms with Crippen molar-refractivity contribution in [3.8, 4) is 5.75 Å². The average molecular weight is 391 g/mol. The van der Waals surface area contributed by atoms with Crippen LogP contribution in [0.5, 0.6) is 5.75 Å². The van der Waals surface area contributed by atoms with Crippen molar-refractivity contribution in [2.45, 2.75) is 0 Å². The van der Waals surface area contributed by atoms with Crippen LogP contribution in [0, 0.1) is 0 Å². The summed E-state index contributed by atoms with van der Waals surface area (Å²) in [5.41, 5.74) is 0.713. The maximum Gasteiger partial charge on any atom is 0.340 e. The highest BCUT2D eigenvalue weighted by Gasteiger charge is 2.25. The van der Waals surface area contributed by atoms with Crippen LogP contribution in [0.25, 0.3) is 0 Å². The van der Waals surface area contributed by atoms with Crippen molar-refractivity contribution < 1.29 is 27.5 Å². The number of nitrogens with zero attached hydrogens (tertiary/aromatic N) is 2. The second-order valence-corrected chi connectivity index (χ2v) is 7.46. The number of amidine groups is 1. The Hall–Kier alpha value is -3.14. The van der Waals surface area contributed by atoms with Gasteiger partial charge in [-0.25, -0.2) is 13.2 Å². The number of anilines is 1. The van der Waals surface area contributed by atoms with Gasteiger partial charge in [0.05, 0.1) is 18.4 Å². The van der Waals surface area contributed by atoms with E-state index >= 15 is 0 Å². The molecule has 0 spiro atoms. The molecule has 0 atom stereocenters. The van der Waals surface area contributed by atoms with Gasteiger partial charge in [-0.15, -0.1) is 4.40 Å². The molecule has 0 saturated heterocycles. The van der Waals surface area contributed by atoms with Crippen LogP contribution >= 0.6 is 0 Å². The van der Waals surface area contributed by atoms with E-state index in [1.807, 2.05) is 0 Å². The van der Waals surface area contributed by atoms with E-state index in [9.17, 15) is 18.0 Å². The molecule has 1 aromatic carbocycles. The molecule has 0 unspecified atom stereocenters.